The van der Waals surface area contributed by atoms with Crippen molar-refractivity contribution in [3.63, 3.8) is 0 Å². The third kappa shape index (κ3) is 1.77. The van der Waals surface area contributed by atoms with Gasteiger partial charge in [0.1, 0.15) is 0 Å². The molecule has 1 saturated carbocycles. The van der Waals surface area contributed by atoms with Gasteiger partial charge in [-0.05, 0) is 12.8 Å². The molecule has 0 aromatic heterocycles. The highest BCUT2D eigenvalue weighted by Crippen LogP contribution is 2.46. The molecule has 1 aliphatic carbocycles. The fourth-order valence-corrected chi connectivity index (χ4v) is 1.86. The zero-order chi connectivity index (χ0) is 10.2. The first-order valence-electron chi connectivity index (χ1n) is 5.24. The summed E-state index contributed by atoms with van der Waals surface area (Å²) >= 11 is 0. The van der Waals surface area contributed by atoms with Crippen LogP contribution in [0, 0.1) is 5.41 Å². The highest BCUT2D eigenvalue weighted by molar-refractivity contribution is 5.85. The molecule has 0 aromatic carbocycles. The largest absolute Gasteiger partial charge is 0.339 e. The molecule has 0 spiro atoms. The summed E-state index contributed by atoms with van der Waals surface area (Å²) in [7, 11) is 1.68. The Balaban J connectivity index is 1.86. The summed E-state index contributed by atoms with van der Waals surface area (Å²) in [6.07, 6.45) is 2.13. The second kappa shape index (κ2) is 3.51. The van der Waals surface area contributed by atoms with Crippen molar-refractivity contribution in [3.05, 3.63) is 0 Å². The fourth-order valence-electron chi connectivity index (χ4n) is 1.86. The highest BCUT2D eigenvalue weighted by atomic mass is 16.7. The third-order valence-electron chi connectivity index (χ3n) is 3.30. The van der Waals surface area contributed by atoms with E-state index in [1.807, 2.05) is 9.96 Å². The molecular weight excluding hydrogens is 180 g/mol. The van der Waals surface area contributed by atoms with Crippen molar-refractivity contribution in [2.45, 2.75) is 19.8 Å². The number of rotatable bonds is 2. The number of carbonyl (C=O) groups excluding carboxylic acids is 1. The molecule has 2 aliphatic rings. The zero-order valence-corrected chi connectivity index (χ0v) is 8.95. The monoisotopic (exact) mass is 198 g/mol. The lowest BCUT2D eigenvalue weighted by molar-refractivity contribution is -0.163. The second-order valence-corrected chi connectivity index (χ2v) is 4.46. The van der Waals surface area contributed by atoms with Crippen molar-refractivity contribution in [3.8, 4) is 0 Å². The van der Waals surface area contributed by atoms with Gasteiger partial charge >= 0.3 is 0 Å². The van der Waals surface area contributed by atoms with E-state index in [9.17, 15) is 4.79 Å². The molecule has 2 rings (SSSR count). The van der Waals surface area contributed by atoms with E-state index in [4.69, 9.17) is 4.84 Å². The van der Waals surface area contributed by atoms with Gasteiger partial charge < -0.3 is 9.74 Å². The molecule has 0 N–H and O–H groups in total. The average molecular weight is 198 g/mol. The average Bonchev–Trinajstić information content (AvgIpc) is 2.97. The summed E-state index contributed by atoms with van der Waals surface area (Å²) < 4.78 is 0. The van der Waals surface area contributed by atoms with E-state index in [0.29, 0.717) is 5.91 Å². The van der Waals surface area contributed by atoms with E-state index in [1.54, 1.807) is 7.11 Å². The van der Waals surface area contributed by atoms with Crippen molar-refractivity contribution >= 4 is 5.91 Å². The number of hydroxylamine groups is 2. The Kier molecular flexibility index (Phi) is 2.49. The molecule has 0 atom stereocenters. The van der Waals surface area contributed by atoms with Crippen molar-refractivity contribution in [2.24, 2.45) is 5.41 Å². The van der Waals surface area contributed by atoms with Crippen LogP contribution in [0.15, 0.2) is 0 Å². The van der Waals surface area contributed by atoms with E-state index in [1.165, 1.54) is 0 Å². The number of amides is 1. The second-order valence-electron chi connectivity index (χ2n) is 4.46. The van der Waals surface area contributed by atoms with Crippen molar-refractivity contribution in [1.82, 2.24) is 9.96 Å². The predicted molar refractivity (Wildman–Crippen MR) is 52.5 cm³/mol. The van der Waals surface area contributed by atoms with Crippen molar-refractivity contribution in [2.75, 3.05) is 33.3 Å². The van der Waals surface area contributed by atoms with Gasteiger partial charge in [-0.25, -0.2) is 0 Å². The minimum atomic E-state index is -0.0186. The number of carbonyl (C=O) groups is 1. The maximum Gasteiger partial charge on any atom is 0.228 e. The molecule has 14 heavy (non-hydrogen) atoms. The van der Waals surface area contributed by atoms with Gasteiger partial charge in [-0.2, -0.15) is 5.06 Å². The normalized spacial score (nSPS) is 26.3. The van der Waals surface area contributed by atoms with Gasteiger partial charge in [0, 0.05) is 31.6 Å². The maximum absolute atomic E-state index is 11.9. The van der Waals surface area contributed by atoms with Crippen LogP contribution in [0.4, 0.5) is 0 Å². The molecule has 0 bridgehead atoms. The summed E-state index contributed by atoms with van der Waals surface area (Å²) in [6.45, 7) is 5.35. The molecule has 80 valence electrons. The smallest absolute Gasteiger partial charge is 0.228 e. The summed E-state index contributed by atoms with van der Waals surface area (Å²) in [6, 6.07) is 0. The summed E-state index contributed by atoms with van der Waals surface area (Å²) in [5.41, 5.74) is -0.0186. The van der Waals surface area contributed by atoms with Crippen molar-refractivity contribution in [1.29, 1.82) is 0 Å². The molecule has 4 heteroatoms. The molecule has 1 heterocycles. The van der Waals surface area contributed by atoms with Gasteiger partial charge in [0.25, 0.3) is 0 Å². The van der Waals surface area contributed by atoms with Gasteiger partial charge in [-0.15, -0.1) is 0 Å². The predicted octanol–water partition coefficient (Wildman–Crippen LogP) is 0.492. The SMILES string of the molecule is CON1CCN(C(=O)C2(C)CC2)CC1. The maximum atomic E-state index is 11.9. The highest BCUT2D eigenvalue weighted by Gasteiger charge is 2.47. The standard InChI is InChI=1S/C10H18N2O2/c1-10(3-4-10)9(13)11-5-7-12(14-2)8-6-11/h3-8H2,1-2H3. The lowest BCUT2D eigenvalue weighted by atomic mass is 10.1. The van der Waals surface area contributed by atoms with Crippen LogP contribution < -0.4 is 0 Å². The Hall–Kier alpha value is -0.610. The van der Waals surface area contributed by atoms with E-state index in [0.717, 1.165) is 39.0 Å². The molecule has 0 unspecified atom stereocenters. The fraction of sp³-hybridized carbons (Fsp3) is 0.900. The quantitative estimate of drug-likeness (QED) is 0.647. The van der Waals surface area contributed by atoms with E-state index >= 15 is 0 Å². The van der Waals surface area contributed by atoms with Gasteiger partial charge in [0.05, 0.1) is 7.11 Å². The van der Waals surface area contributed by atoms with Gasteiger partial charge in [0.2, 0.25) is 5.91 Å². The lowest BCUT2D eigenvalue weighted by Gasteiger charge is -2.34. The Labute approximate surface area is 84.8 Å². The number of hydrogen-bond acceptors (Lipinski definition) is 3. The van der Waals surface area contributed by atoms with Crippen LogP contribution in [-0.2, 0) is 9.63 Å². The molecule has 1 aliphatic heterocycles. The summed E-state index contributed by atoms with van der Waals surface area (Å²) in [5, 5.41) is 1.90. The van der Waals surface area contributed by atoms with Crippen LogP contribution in [-0.4, -0.2) is 49.2 Å². The van der Waals surface area contributed by atoms with Gasteiger partial charge in [-0.1, -0.05) is 6.92 Å². The van der Waals surface area contributed by atoms with Crippen LogP contribution in [0.3, 0.4) is 0 Å². The summed E-state index contributed by atoms with van der Waals surface area (Å²) in [4.78, 5) is 19.0. The molecule has 2 fully saturated rings. The first-order valence-corrected chi connectivity index (χ1v) is 5.24. The summed E-state index contributed by atoms with van der Waals surface area (Å²) in [5.74, 6) is 0.341. The van der Waals surface area contributed by atoms with E-state index < -0.39 is 0 Å². The Morgan fingerprint density at radius 1 is 1.21 bits per heavy atom. The van der Waals surface area contributed by atoms with Crippen molar-refractivity contribution < 1.29 is 9.63 Å². The molecular formula is C10H18N2O2. The molecule has 1 saturated heterocycles. The van der Waals surface area contributed by atoms with Crippen LogP contribution in [0.5, 0.6) is 0 Å². The molecule has 0 radical (unpaired) electrons. The zero-order valence-electron chi connectivity index (χ0n) is 8.95. The lowest BCUT2D eigenvalue weighted by Crippen LogP contribution is -2.50. The van der Waals surface area contributed by atoms with Crippen LogP contribution in [0.2, 0.25) is 0 Å². The van der Waals surface area contributed by atoms with Crippen LogP contribution in [0.25, 0.3) is 0 Å². The Morgan fingerprint density at radius 2 is 1.79 bits per heavy atom. The number of nitrogens with zero attached hydrogens (tertiary/aromatic N) is 2. The Morgan fingerprint density at radius 3 is 2.21 bits per heavy atom. The first kappa shape index (κ1) is 9.93. The molecule has 4 nitrogen and oxygen atoms in total. The minimum Gasteiger partial charge on any atom is -0.339 e. The van der Waals surface area contributed by atoms with Gasteiger partial charge in [-0.3, -0.25) is 4.79 Å². The third-order valence-corrected chi connectivity index (χ3v) is 3.30. The van der Waals surface area contributed by atoms with Gasteiger partial charge in [0.15, 0.2) is 0 Å². The van der Waals surface area contributed by atoms with E-state index in [2.05, 4.69) is 6.92 Å². The Bertz CT molecular complexity index is 230. The first-order chi connectivity index (χ1) is 6.65. The van der Waals surface area contributed by atoms with Crippen LogP contribution in [0.1, 0.15) is 19.8 Å². The number of piperazine rings is 1. The molecule has 1 amide bonds. The van der Waals surface area contributed by atoms with Crippen LogP contribution >= 0.6 is 0 Å². The molecule has 0 aromatic rings. The van der Waals surface area contributed by atoms with E-state index in [-0.39, 0.29) is 5.41 Å². The topological polar surface area (TPSA) is 32.8 Å². The minimum absolute atomic E-state index is 0.0186. The number of hydrogen-bond donors (Lipinski definition) is 0.